The fourth-order valence-electron chi connectivity index (χ4n) is 1.55. The van der Waals surface area contributed by atoms with Crippen molar-refractivity contribution in [2.45, 2.75) is 17.9 Å². The summed E-state index contributed by atoms with van der Waals surface area (Å²) in [6, 6.07) is 8.41. The average Bonchev–Trinajstić information content (AvgIpc) is 2.20. The molecule has 0 amide bonds. The Hall–Kier alpha value is -0.280. The molecular weight excluding hydrogens is 212 g/mol. The van der Waals surface area contributed by atoms with Crippen LogP contribution in [0.25, 0.3) is 0 Å². The zero-order valence-electron chi connectivity index (χ0n) is 8.23. The number of thioether (sulfide) groups is 1. The highest BCUT2D eigenvalue weighted by Gasteiger charge is 2.22. The number of rotatable bonds is 1. The van der Waals surface area contributed by atoms with E-state index in [1.54, 1.807) is 0 Å². The highest BCUT2D eigenvalue weighted by atomic mass is 32.2. The normalized spacial score (nSPS) is 27.5. The highest BCUT2D eigenvalue weighted by Crippen LogP contribution is 2.36. The first-order chi connectivity index (χ1) is 6.77. The van der Waals surface area contributed by atoms with Gasteiger partial charge in [-0.1, -0.05) is 29.8 Å². The predicted molar refractivity (Wildman–Crippen MR) is 64.0 cm³/mol. The van der Waals surface area contributed by atoms with Crippen LogP contribution in [-0.4, -0.2) is 15.7 Å². The van der Waals surface area contributed by atoms with Crippen molar-refractivity contribution >= 4 is 22.6 Å². The molecule has 3 heteroatoms. The Kier molecular flexibility index (Phi) is 3.29. The van der Waals surface area contributed by atoms with Crippen LogP contribution in [0.1, 0.15) is 22.1 Å². The highest BCUT2D eigenvalue weighted by molar-refractivity contribution is 8.11. The van der Waals surface area contributed by atoms with Gasteiger partial charge in [-0.05, 0) is 24.7 Å². The summed E-state index contributed by atoms with van der Waals surface area (Å²) in [5.41, 5.74) is 2.49. The zero-order valence-corrected chi connectivity index (χ0v) is 9.87. The smallest absolute Gasteiger partial charge is 0.105 e. The second kappa shape index (κ2) is 4.49. The third kappa shape index (κ3) is 2.20. The molecule has 1 fully saturated rings. The van der Waals surface area contributed by atoms with Crippen LogP contribution in [0.3, 0.4) is 0 Å². The van der Waals surface area contributed by atoms with Gasteiger partial charge in [0.05, 0.1) is 0 Å². The maximum Gasteiger partial charge on any atom is 0.105 e. The van der Waals surface area contributed by atoms with Crippen molar-refractivity contribution in [3.63, 3.8) is 0 Å². The molecule has 1 aromatic rings. The summed E-state index contributed by atoms with van der Waals surface area (Å²) in [4.78, 5) is 0. The largest absolute Gasteiger partial charge is 0.258 e. The monoisotopic (exact) mass is 226 g/mol. The molecule has 1 saturated heterocycles. The van der Waals surface area contributed by atoms with Crippen molar-refractivity contribution in [1.29, 1.82) is 0 Å². The molecule has 0 saturated carbocycles. The molecule has 2 rings (SSSR count). The summed E-state index contributed by atoms with van der Waals surface area (Å²) in [6.45, 7) is 2.08. The van der Waals surface area contributed by atoms with Crippen LogP contribution in [0.5, 0.6) is 0 Å². The third-order valence-electron chi connectivity index (χ3n) is 2.35. The third-order valence-corrected chi connectivity index (χ3v) is 5.94. The summed E-state index contributed by atoms with van der Waals surface area (Å²) < 4.78 is 12.0. The summed E-state index contributed by atoms with van der Waals surface area (Å²) in [5.74, 6) is 2.01. The molecule has 2 unspecified atom stereocenters. The van der Waals surface area contributed by atoms with E-state index in [4.69, 9.17) is 0 Å². The first kappa shape index (κ1) is 10.2. The Balaban J connectivity index is 2.20. The van der Waals surface area contributed by atoms with Gasteiger partial charge in [0.15, 0.2) is 0 Å². The molecule has 1 aliphatic rings. The number of aryl methyl sites for hydroxylation is 1. The van der Waals surface area contributed by atoms with Crippen LogP contribution in [0, 0.1) is 6.92 Å². The van der Waals surface area contributed by atoms with Crippen LogP contribution >= 0.6 is 11.8 Å². The summed E-state index contributed by atoms with van der Waals surface area (Å²) in [5, 5.41) is 0. The molecule has 0 aliphatic carbocycles. The molecule has 0 aromatic heterocycles. The molecule has 0 bridgehead atoms. The van der Waals surface area contributed by atoms with Crippen LogP contribution < -0.4 is 0 Å². The Morgan fingerprint density at radius 2 is 2.07 bits per heavy atom. The molecule has 1 aliphatic heterocycles. The van der Waals surface area contributed by atoms with Crippen LogP contribution in [0.4, 0.5) is 0 Å². The number of hydrogen-bond donors (Lipinski definition) is 0. The minimum atomic E-state index is -0.673. The first-order valence-electron chi connectivity index (χ1n) is 4.83. The lowest BCUT2D eigenvalue weighted by atomic mass is 10.2. The van der Waals surface area contributed by atoms with Gasteiger partial charge in [0, 0.05) is 16.6 Å². The Bertz CT molecular complexity index is 332. The Morgan fingerprint density at radius 3 is 2.71 bits per heavy atom. The number of hydrogen-bond acceptors (Lipinski definition) is 2. The lowest BCUT2D eigenvalue weighted by Gasteiger charge is -2.21. The van der Waals surface area contributed by atoms with E-state index in [0.29, 0.717) is 0 Å². The van der Waals surface area contributed by atoms with Gasteiger partial charge < -0.3 is 0 Å². The maximum absolute atomic E-state index is 11.8. The quantitative estimate of drug-likeness (QED) is 0.732. The fraction of sp³-hybridized carbons (Fsp3) is 0.455. The van der Waals surface area contributed by atoms with Crippen molar-refractivity contribution in [3.05, 3.63) is 35.4 Å². The standard InChI is InChI=1S/C11H14OS2/c1-9-3-5-10(6-4-9)11-13-7-2-8-14(11)12/h3-6,11H,2,7-8H2,1H3. The van der Waals surface area contributed by atoms with E-state index in [0.717, 1.165) is 17.9 Å². The van der Waals surface area contributed by atoms with Crippen molar-refractivity contribution in [2.24, 2.45) is 0 Å². The summed E-state index contributed by atoms with van der Waals surface area (Å²) >= 11 is 1.83. The topological polar surface area (TPSA) is 17.1 Å². The van der Waals surface area contributed by atoms with Gasteiger partial charge in [-0.2, -0.15) is 0 Å². The van der Waals surface area contributed by atoms with Crippen molar-refractivity contribution < 1.29 is 4.21 Å². The molecule has 1 nitrogen and oxygen atoms in total. The van der Waals surface area contributed by atoms with Crippen molar-refractivity contribution in [3.8, 4) is 0 Å². The Labute approximate surface area is 91.7 Å². The first-order valence-corrected chi connectivity index (χ1v) is 7.26. The number of benzene rings is 1. The molecule has 0 N–H and O–H groups in total. The van der Waals surface area contributed by atoms with E-state index in [1.807, 2.05) is 11.8 Å². The molecule has 0 spiro atoms. The van der Waals surface area contributed by atoms with E-state index in [1.165, 1.54) is 11.1 Å². The van der Waals surface area contributed by atoms with Gasteiger partial charge in [0.2, 0.25) is 0 Å². The summed E-state index contributed by atoms with van der Waals surface area (Å²) in [6.07, 6.45) is 1.10. The molecule has 76 valence electrons. The van der Waals surface area contributed by atoms with Crippen molar-refractivity contribution in [2.75, 3.05) is 11.5 Å². The molecule has 1 aromatic carbocycles. The van der Waals surface area contributed by atoms with Crippen molar-refractivity contribution in [1.82, 2.24) is 0 Å². The Morgan fingerprint density at radius 1 is 1.36 bits per heavy atom. The average molecular weight is 226 g/mol. The van der Waals surface area contributed by atoms with Gasteiger partial charge >= 0.3 is 0 Å². The molecule has 14 heavy (non-hydrogen) atoms. The van der Waals surface area contributed by atoms with E-state index in [9.17, 15) is 4.21 Å². The minimum Gasteiger partial charge on any atom is -0.258 e. The molecule has 0 radical (unpaired) electrons. The zero-order chi connectivity index (χ0) is 9.97. The van der Waals surface area contributed by atoms with Crippen LogP contribution in [-0.2, 0) is 10.8 Å². The SMILES string of the molecule is Cc1ccc(C2SCCCS2=O)cc1. The predicted octanol–water partition coefficient (Wildman–Crippen LogP) is 2.88. The lowest BCUT2D eigenvalue weighted by molar-refractivity contribution is 0.679. The van der Waals surface area contributed by atoms with Gasteiger partial charge in [-0.3, -0.25) is 4.21 Å². The van der Waals surface area contributed by atoms with Gasteiger partial charge in [0.25, 0.3) is 0 Å². The van der Waals surface area contributed by atoms with E-state index in [2.05, 4.69) is 31.2 Å². The van der Waals surface area contributed by atoms with E-state index < -0.39 is 10.8 Å². The van der Waals surface area contributed by atoms with Gasteiger partial charge in [-0.25, -0.2) is 0 Å². The second-order valence-electron chi connectivity index (χ2n) is 3.55. The van der Waals surface area contributed by atoms with Crippen LogP contribution in [0.2, 0.25) is 0 Å². The lowest BCUT2D eigenvalue weighted by Crippen LogP contribution is -2.13. The molecule has 2 atom stereocenters. The minimum absolute atomic E-state index is 0.212. The van der Waals surface area contributed by atoms with Gasteiger partial charge in [0.1, 0.15) is 4.58 Å². The van der Waals surface area contributed by atoms with E-state index in [-0.39, 0.29) is 4.58 Å². The van der Waals surface area contributed by atoms with Gasteiger partial charge in [-0.15, -0.1) is 11.8 Å². The molecular formula is C11H14OS2. The maximum atomic E-state index is 11.8. The molecule has 1 heterocycles. The van der Waals surface area contributed by atoms with Crippen LogP contribution in [0.15, 0.2) is 24.3 Å². The second-order valence-corrected chi connectivity index (χ2v) is 6.70. The fourth-order valence-corrected chi connectivity index (χ4v) is 4.89. The van der Waals surface area contributed by atoms with E-state index >= 15 is 0 Å². The summed E-state index contributed by atoms with van der Waals surface area (Å²) in [7, 11) is -0.673.